The summed E-state index contributed by atoms with van der Waals surface area (Å²) in [5.74, 6) is 0.877. The molecule has 0 aliphatic heterocycles. The fraction of sp³-hybridized carbons (Fsp3) is 0.538. The van der Waals surface area contributed by atoms with Crippen molar-refractivity contribution in [1.29, 1.82) is 0 Å². The van der Waals surface area contributed by atoms with Crippen LogP contribution in [-0.2, 0) is 0 Å². The molecule has 0 radical (unpaired) electrons. The predicted octanol–water partition coefficient (Wildman–Crippen LogP) is 3.33. The van der Waals surface area contributed by atoms with Gasteiger partial charge in [-0.3, -0.25) is 0 Å². The Labute approximate surface area is 100.0 Å². The lowest BCUT2D eigenvalue weighted by atomic mass is 10.1. The zero-order valence-electron chi connectivity index (χ0n) is 9.05. The molecule has 2 atom stereocenters. The Balaban J connectivity index is 1.62. The lowest BCUT2D eigenvalue weighted by molar-refractivity contribution is 0.591. The zero-order chi connectivity index (χ0) is 11.1. The molecule has 0 amide bonds. The standard InChI is InChI=1S/C13H15ClFN/c14-9-1-4-13(15)12(6-9)11-5-8(11)7-16-10-2-3-10/h1,4,6,8,10-11,16H,2-3,5,7H2. The van der Waals surface area contributed by atoms with Gasteiger partial charge in [-0.05, 0) is 61.4 Å². The van der Waals surface area contributed by atoms with E-state index in [0.717, 1.165) is 24.6 Å². The molecule has 2 aliphatic carbocycles. The number of nitrogens with one attached hydrogen (secondary N) is 1. The first-order valence-electron chi connectivity index (χ1n) is 5.92. The minimum absolute atomic E-state index is 0.108. The summed E-state index contributed by atoms with van der Waals surface area (Å²) in [6.45, 7) is 1.03. The molecule has 2 aliphatic rings. The van der Waals surface area contributed by atoms with Crippen LogP contribution in [0.4, 0.5) is 4.39 Å². The maximum absolute atomic E-state index is 13.6. The van der Waals surface area contributed by atoms with Crippen LogP contribution in [-0.4, -0.2) is 12.6 Å². The Kier molecular flexibility index (Phi) is 2.64. The minimum atomic E-state index is -0.108. The minimum Gasteiger partial charge on any atom is -0.314 e. The highest BCUT2D eigenvalue weighted by Crippen LogP contribution is 2.48. The molecule has 3 heteroatoms. The summed E-state index contributed by atoms with van der Waals surface area (Å²) < 4.78 is 13.6. The van der Waals surface area contributed by atoms with Crippen LogP contribution in [0.2, 0.25) is 5.02 Å². The Hall–Kier alpha value is -0.600. The molecular weight excluding hydrogens is 225 g/mol. The van der Waals surface area contributed by atoms with Crippen molar-refractivity contribution in [3.8, 4) is 0 Å². The van der Waals surface area contributed by atoms with Gasteiger partial charge < -0.3 is 5.32 Å². The first kappa shape index (κ1) is 10.5. The average Bonchev–Trinajstić information content (AvgIpc) is 3.13. The van der Waals surface area contributed by atoms with Gasteiger partial charge in [0.25, 0.3) is 0 Å². The van der Waals surface area contributed by atoms with Crippen LogP contribution in [0.15, 0.2) is 18.2 Å². The van der Waals surface area contributed by atoms with Crippen molar-refractivity contribution in [2.24, 2.45) is 5.92 Å². The first-order chi connectivity index (χ1) is 7.74. The largest absolute Gasteiger partial charge is 0.314 e. The Morgan fingerprint density at radius 1 is 1.38 bits per heavy atom. The van der Waals surface area contributed by atoms with Crippen molar-refractivity contribution in [2.45, 2.75) is 31.2 Å². The van der Waals surface area contributed by atoms with Crippen LogP contribution < -0.4 is 5.32 Å². The molecule has 0 aromatic heterocycles. The van der Waals surface area contributed by atoms with E-state index in [4.69, 9.17) is 11.6 Å². The molecule has 0 heterocycles. The van der Waals surface area contributed by atoms with Gasteiger partial charge >= 0.3 is 0 Å². The highest BCUT2D eigenvalue weighted by atomic mass is 35.5. The highest BCUT2D eigenvalue weighted by molar-refractivity contribution is 6.30. The summed E-state index contributed by atoms with van der Waals surface area (Å²) in [5, 5.41) is 4.13. The van der Waals surface area contributed by atoms with E-state index in [2.05, 4.69) is 5.32 Å². The van der Waals surface area contributed by atoms with Gasteiger partial charge in [-0.15, -0.1) is 0 Å². The molecule has 86 valence electrons. The van der Waals surface area contributed by atoms with Crippen molar-refractivity contribution >= 4 is 11.6 Å². The molecule has 1 aromatic rings. The zero-order valence-corrected chi connectivity index (χ0v) is 9.80. The van der Waals surface area contributed by atoms with E-state index in [1.807, 2.05) is 0 Å². The van der Waals surface area contributed by atoms with Crippen molar-refractivity contribution < 1.29 is 4.39 Å². The van der Waals surface area contributed by atoms with E-state index in [0.29, 0.717) is 16.9 Å². The van der Waals surface area contributed by atoms with Gasteiger partial charge in [-0.1, -0.05) is 11.6 Å². The Bertz CT molecular complexity index is 403. The molecule has 0 spiro atoms. The monoisotopic (exact) mass is 239 g/mol. The molecule has 0 bridgehead atoms. The van der Waals surface area contributed by atoms with Crippen LogP contribution in [0.5, 0.6) is 0 Å². The third kappa shape index (κ3) is 2.23. The molecule has 2 saturated carbocycles. The van der Waals surface area contributed by atoms with Gasteiger partial charge in [-0.2, -0.15) is 0 Å². The lowest BCUT2D eigenvalue weighted by Gasteiger charge is -2.04. The topological polar surface area (TPSA) is 12.0 Å². The molecule has 2 fully saturated rings. The second-order valence-corrected chi connectivity index (χ2v) is 5.39. The van der Waals surface area contributed by atoms with Crippen molar-refractivity contribution in [3.05, 3.63) is 34.6 Å². The van der Waals surface area contributed by atoms with E-state index in [1.54, 1.807) is 12.1 Å². The van der Waals surface area contributed by atoms with E-state index in [9.17, 15) is 4.39 Å². The highest BCUT2D eigenvalue weighted by Gasteiger charge is 2.40. The van der Waals surface area contributed by atoms with E-state index < -0.39 is 0 Å². The quantitative estimate of drug-likeness (QED) is 0.850. The maximum atomic E-state index is 13.6. The number of hydrogen-bond acceptors (Lipinski definition) is 1. The van der Waals surface area contributed by atoms with Crippen LogP contribution in [0.1, 0.15) is 30.7 Å². The lowest BCUT2D eigenvalue weighted by Crippen LogP contribution is -2.19. The van der Waals surface area contributed by atoms with E-state index in [-0.39, 0.29) is 5.82 Å². The van der Waals surface area contributed by atoms with Crippen molar-refractivity contribution in [3.63, 3.8) is 0 Å². The maximum Gasteiger partial charge on any atom is 0.126 e. The SMILES string of the molecule is Fc1ccc(Cl)cc1C1CC1CNC1CC1. The molecule has 1 nitrogen and oxygen atoms in total. The number of rotatable bonds is 4. The van der Waals surface area contributed by atoms with Crippen LogP contribution >= 0.6 is 11.6 Å². The van der Waals surface area contributed by atoms with Gasteiger partial charge in [0.05, 0.1) is 0 Å². The number of benzene rings is 1. The van der Waals surface area contributed by atoms with Gasteiger partial charge in [0.2, 0.25) is 0 Å². The molecule has 0 saturated heterocycles. The number of hydrogen-bond donors (Lipinski definition) is 1. The summed E-state index contributed by atoms with van der Waals surface area (Å²) in [6, 6.07) is 5.60. The molecule has 1 aromatic carbocycles. The van der Waals surface area contributed by atoms with Crippen LogP contribution in [0, 0.1) is 11.7 Å². The van der Waals surface area contributed by atoms with Gasteiger partial charge in [-0.25, -0.2) is 4.39 Å². The Morgan fingerprint density at radius 2 is 2.19 bits per heavy atom. The molecular formula is C13H15ClFN. The van der Waals surface area contributed by atoms with E-state index in [1.165, 1.54) is 18.9 Å². The van der Waals surface area contributed by atoms with Gasteiger partial charge in [0.1, 0.15) is 5.82 Å². The summed E-state index contributed by atoms with van der Waals surface area (Å²) in [6.07, 6.45) is 3.71. The Morgan fingerprint density at radius 3 is 2.94 bits per heavy atom. The second-order valence-electron chi connectivity index (χ2n) is 4.95. The summed E-state index contributed by atoms with van der Waals surface area (Å²) in [5.41, 5.74) is 0.801. The number of halogens is 2. The van der Waals surface area contributed by atoms with Crippen LogP contribution in [0.25, 0.3) is 0 Å². The molecule has 1 N–H and O–H groups in total. The smallest absolute Gasteiger partial charge is 0.126 e. The summed E-state index contributed by atoms with van der Waals surface area (Å²) >= 11 is 5.89. The predicted molar refractivity (Wildman–Crippen MR) is 63.3 cm³/mol. The van der Waals surface area contributed by atoms with Gasteiger partial charge in [0.15, 0.2) is 0 Å². The molecule has 3 rings (SSSR count). The second kappa shape index (κ2) is 4.01. The van der Waals surface area contributed by atoms with E-state index >= 15 is 0 Å². The molecule has 2 unspecified atom stereocenters. The van der Waals surface area contributed by atoms with Crippen LogP contribution in [0.3, 0.4) is 0 Å². The average molecular weight is 240 g/mol. The molecule has 16 heavy (non-hydrogen) atoms. The normalized spacial score (nSPS) is 28.1. The fourth-order valence-electron chi connectivity index (χ4n) is 2.26. The fourth-order valence-corrected chi connectivity index (χ4v) is 2.44. The summed E-state index contributed by atoms with van der Waals surface area (Å²) in [7, 11) is 0. The van der Waals surface area contributed by atoms with Crippen molar-refractivity contribution in [2.75, 3.05) is 6.54 Å². The summed E-state index contributed by atoms with van der Waals surface area (Å²) in [4.78, 5) is 0. The third-order valence-electron chi connectivity index (χ3n) is 3.53. The third-order valence-corrected chi connectivity index (χ3v) is 3.76. The first-order valence-corrected chi connectivity index (χ1v) is 6.30. The van der Waals surface area contributed by atoms with Gasteiger partial charge in [0, 0.05) is 11.1 Å². The van der Waals surface area contributed by atoms with Crippen molar-refractivity contribution in [1.82, 2.24) is 5.32 Å².